The molecule has 0 heterocycles. The summed E-state index contributed by atoms with van der Waals surface area (Å²) in [7, 11) is 5.50. The second-order valence-corrected chi connectivity index (χ2v) is 2.86. The third kappa shape index (κ3) is 1.58. The zero-order valence-electron chi connectivity index (χ0n) is 5.19. The van der Waals surface area contributed by atoms with Crippen LogP contribution in [0.15, 0.2) is 22.7 Å². The highest BCUT2D eigenvalue weighted by atomic mass is 79.9. The van der Waals surface area contributed by atoms with Gasteiger partial charge in [0.05, 0.1) is 0 Å². The van der Waals surface area contributed by atoms with Crippen molar-refractivity contribution in [2.24, 2.45) is 0 Å². The molecule has 1 aromatic rings. The van der Waals surface area contributed by atoms with Crippen molar-refractivity contribution in [3.8, 4) is 0 Å². The van der Waals surface area contributed by atoms with Crippen molar-refractivity contribution >= 4 is 29.2 Å². The normalized spacial score (nSPS) is 9.56. The molecule has 0 atom stereocenters. The SMILES string of the molecule is [B]c1ccc(C)c(Br)c1. The van der Waals surface area contributed by atoms with Gasteiger partial charge in [-0.25, -0.2) is 0 Å². The third-order valence-electron chi connectivity index (χ3n) is 1.20. The summed E-state index contributed by atoms with van der Waals surface area (Å²) in [5.74, 6) is 0. The quantitative estimate of drug-likeness (QED) is 0.532. The summed E-state index contributed by atoms with van der Waals surface area (Å²) in [5.41, 5.74) is 2.01. The molecule has 0 amide bonds. The van der Waals surface area contributed by atoms with Crippen LogP contribution in [0, 0.1) is 6.92 Å². The Kier molecular flexibility index (Phi) is 1.96. The zero-order chi connectivity index (χ0) is 6.85. The Balaban J connectivity index is 3.17. The van der Waals surface area contributed by atoms with Gasteiger partial charge >= 0.3 is 0 Å². The first-order chi connectivity index (χ1) is 4.20. The van der Waals surface area contributed by atoms with Crippen molar-refractivity contribution < 1.29 is 0 Å². The van der Waals surface area contributed by atoms with Crippen molar-refractivity contribution in [2.45, 2.75) is 6.92 Å². The molecule has 0 unspecified atom stereocenters. The summed E-state index contributed by atoms with van der Waals surface area (Å²) in [6, 6.07) is 5.77. The minimum absolute atomic E-state index is 0.799. The van der Waals surface area contributed by atoms with Crippen LogP contribution in [0.5, 0.6) is 0 Å². The van der Waals surface area contributed by atoms with Crippen LogP contribution < -0.4 is 5.46 Å². The Morgan fingerprint density at radius 3 is 2.56 bits per heavy atom. The van der Waals surface area contributed by atoms with Crippen LogP contribution in [-0.2, 0) is 0 Å². The fourth-order valence-corrected chi connectivity index (χ4v) is 1.01. The molecule has 0 aliphatic carbocycles. The maximum absolute atomic E-state index is 5.50. The van der Waals surface area contributed by atoms with E-state index in [0.29, 0.717) is 0 Å². The van der Waals surface area contributed by atoms with Gasteiger partial charge in [-0.15, -0.1) is 0 Å². The first-order valence-electron chi connectivity index (χ1n) is 2.72. The lowest BCUT2D eigenvalue weighted by molar-refractivity contribution is 1.45. The van der Waals surface area contributed by atoms with E-state index in [1.807, 2.05) is 25.1 Å². The molecule has 0 fully saturated rings. The van der Waals surface area contributed by atoms with Crippen molar-refractivity contribution in [2.75, 3.05) is 0 Å². The van der Waals surface area contributed by atoms with Crippen LogP contribution in [0.25, 0.3) is 0 Å². The number of halogens is 1. The Labute approximate surface area is 64.8 Å². The van der Waals surface area contributed by atoms with E-state index in [4.69, 9.17) is 7.85 Å². The van der Waals surface area contributed by atoms with E-state index in [2.05, 4.69) is 15.9 Å². The van der Waals surface area contributed by atoms with Gasteiger partial charge in [-0.1, -0.05) is 39.6 Å². The van der Waals surface area contributed by atoms with E-state index in [-0.39, 0.29) is 0 Å². The Hall–Kier alpha value is -0.235. The molecule has 0 aliphatic rings. The first kappa shape index (κ1) is 6.88. The van der Waals surface area contributed by atoms with Gasteiger partial charge in [-0.2, -0.15) is 0 Å². The molecule has 0 spiro atoms. The lowest BCUT2D eigenvalue weighted by Crippen LogP contribution is -2.00. The molecule has 9 heavy (non-hydrogen) atoms. The monoisotopic (exact) mass is 180 g/mol. The van der Waals surface area contributed by atoms with Gasteiger partial charge < -0.3 is 0 Å². The lowest BCUT2D eigenvalue weighted by Gasteiger charge is -1.97. The predicted octanol–water partition coefficient (Wildman–Crippen LogP) is 1.55. The van der Waals surface area contributed by atoms with Crippen molar-refractivity contribution in [3.63, 3.8) is 0 Å². The second kappa shape index (κ2) is 2.57. The van der Waals surface area contributed by atoms with Gasteiger partial charge in [0, 0.05) is 4.47 Å². The number of aryl methyl sites for hydroxylation is 1. The average Bonchev–Trinajstić information content (AvgIpc) is 1.80. The molecule has 1 rings (SSSR count). The highest BCUT2D eigenvalue weighted by Gasteiger charge is 1.90. The van der Waals surface area contributed by atoms with Crippen LogP contribution in [0.3, 0.4) is 0 Å². The number of hydrogen-bond acceptors (Lipinski definition) is 0. The van der Waals surface area contributed by atoms with Gasteiger partial charge in [0.2, 0.25) is 0 Å². The van der Waals surface area contributed by atoms with Crippen molar-refractivity contribution in [1.29, 1.82) is 0 Å². The molecule has 0 N–H and O–H groups in total. The largest absolute Gasteiger partial charge is 0.113 e. The van der Waals surface area contributed by atoms with Gasteiger partial charge in [0.25, 0.3) is 0 Å². The summed E-state index contributed by atoms with van der Waals surface area (Å²) in [5, 5.41) is 0. The molecule has 44 valence electrons. The molecule has 0 aliphatic heterocycles. The highest BCUT2D eigenvalue weighted by molar-refractivity contribution is 9.10. The third-order valence-corrected chi connectivity index (χ3v) is 2.05. The van der Waals surface area contributed by atoms with Gasteiger partial charge in [-0.3, -0.25) is 0 Å². The van der Waals surface area contributed by atoms with Crippen LogP contribution in [0.4, 0.5) is 0 Å². The molecule has 2 heteroatoms. The van der Waals surface area contributed by atoms with Crippen LogP contribution in [-0.4, -0.2) is 7.85 Å². The Bertz CT molecular complexity index is 220. The molecule has 0 aromatic heterocycles. The number of benzene rings is 1. The molecule has 1 aromatic carbocycles. The summed E-state index contributed by atoms with van der Waals surface area (Å²) in [6.07, 6.45) is 0. The number of rotatable bonds is 0. The highest BCUT2D eigenvalue weighted by Crippen LogP contribution is 2.11. The van der Waals surface area contributed by atoms with Gasteiger partial charge in [-0.05, 0) is 12.5 Å². The standard InChI is InChI=1S/C7H6BBr/c1-5-2-3-6(8)4-7(5)9/h2-4H,1H3. The molecule has 0 bridgehead atoms. The predicted molar refractivity (Wildman–Crippen MR) is 44.3 cm³/mol. The molecule has 2 radical (unpaired) electrons. The summed E-state index contributed by atoms with van der Waals surface area (Å²) < 4.78 is 1.07. The zero-order valence-corrected chi connectivity index (χ0v) is 6.77. The second-order valence-electron chi connectivity index (χ2n) is 2.01. The minimum atomic E-state index is 0.799. The van der Waals surface area contributed by atoms with Gasteiger partial charge in [0.1, 0.15) is 7.85 Å². The average molecular weight is 181 g/mol. The maximum atomic E-state index is 5.50. The Morgan fingerprint density at radius 2 is 2.11 bits per heavy atom. The molecule has 0 saturated heterocycles. The topological polar surface area (TPSA) is 0 Å². The lowest BCUT2D eigenvalue weighted by atomic mass is 9.96. The van der Waals surface area contributed by atoms with Crippen LogP contribution in [0.2, 0.25) is 0 Å². The van der Waals surface area contributed by atoms with Crippen LogP contribution >= 0.6 is 15.9 Å². The van der Waals surface area contributed by atoms with Crippen LogP contribution in [0.1, 0.15) is 5.56 Å². The van der Waals surface area contributed by atoms with Crippen molar-refractivity contribution in [3.05, 3.63) is 28.2 Å². The molecule has 0 nitrogen and oxygen atoms in total. The number of hydrogen-bond donors (Lipinski definition) is 0. The Morgan fingerprint density at radius 1 is 1.44 bits per heavy atom. The van der Waals surface area contributed by atoms with Gasteiger partial charge in [0.15, 0.2) is 0 Å². The van der Waals surface area contributed by atoms with E-state index in [0.717, 1.165) is 9.94 Å². The first-order valence-corrected chi connectivity index (χ1v) is 3.51. The maximum Gasteiger partial charge on any atom is 0.113 e. The molecule has 0 saturated carbocycles. The van der Waals surface area contributed by atoms with Crippen molar-refractivity contribution in [1.82, 2.24) is 0 Å². The summed E-state index contributed by atoms with van der Waals surface area (Å²) in [4.78, 5) is 0. The smallest absolute Gasteiger partial charge is 0.0955 e. The minimum Gasteiger partial charge on any atom is -0.0955 e. The van der Waals surface area contributed by atoms with E-state index < -0.39 is 0 Å². The van der Waals surface area contributed by atoms with E-state index in [9.17, 15) is 0 Å². The fraction of sp³-hybridized carbons (Fsp3) is 0.143. The fourth-order valence-electron chi connectivity index (χ4n) is 0.609. The molecular formula is C7H6BBr. The van der Waals surface area contributed by atoms with E-state index in [1.165, 1.54) is 5.56 Å². The summed E-state index contributed by atoms with van der Waals surface area (Å²) >= 11 is 3.37. The van der Waals surface area contributed by atoms with E-state index >= 15 is 0 Å². The summed E-state index contributed by atoms with van der Waals surface area (Å²) in [6.45, 7) is 2.03. The molecular weight excluding hydrogens is 175 g/mol. The van der Waals surface area contributed by atoms with E-state index in [1.54, 1.807) is 0 Å².